The van der Waals surface area contributed by atoms with E-state index in [0.29, 0.717) is 5.69 Å². The van der Waals surface area contributed by atoms with Crippen LogP contribution < -0.4 is 10.6 Å². The van der Waals surface area contributed by atoms with Gasteiger partial charge < -0.3 is 10.6 Å². The molecule has 6 heteroatoms. The average molecular weight is 286 g/mol. The smallest absolute Gasteiger partial charge is 0.326 e. The van der Waals surface area contributed by atoms with E-state index >= 15 is 0 Å². The summed E-state index contributed by atoms with van der Waals surface area (Å²) >= 11 is 0. The van der Waals surface area contributed by atoms with E-state index in [1.165, 1.54) is 12.1 Å². The standard InChI is InChI=1S/C14H17F3N2O/c1-9-8-10(6-7-18-9)13(20)19-12-4-2-11(3-5-12)14(15,16)17/h2-5,9-10,18H,6-8H2,1H3,(H,19,20)/t9-,10-/m0/s1. The molecule has 1 aromatic carbocycles. The van der Waals surface area contributed by atoms with Gasteiger partial charge in [0.2, 0.25) is 5.91 Å². The molecule has 0 aliphatic carbocycles. The van der Waals surface area contributed by atoms with Crippen molar-refractivity contribution in [1.82, 2.24) is 5.32 Å². The maximum atomic E-state index is 12.4. The molecule has 20 heavy (non-hydrogen) atoms. The molecule has 1 heterocycles. The van der Waals surface area contributed by atoms with Crippen LogP contribution >= 0.6 is 0 Å². The van der Waals surface area contributed by atoms with Gasteiger partial charge in [0.15, 0.2) is 0 Å². The number of hydrogen-bond acceptors (Lipinski definition) is 2. The predicted molar refractivity (Wildman–Crippen MR) is 70.3 cm³/mol. The lowest BCUT2D eigenvalue weighted by molar-refractivity contribution is -0.137. The number of hydrogen-bond donors (Lipinski definition) is 2. The van der Waals surface area contributed by atoms with Gasteiger partial charge in [-0.3, -0.25) is 4.79 Å². The summed E-state index contributed by atoms with van der Waals surface area (Å²) in [4.78, 5) is 12.0. The van der Waals surface area contributed by atoms with Crippen molar-refractivity contribution >= 4 is 11.6 Å². The normalized spacial score (nSPS) is 23.4. The van der Waals surface area contributed by atoms with E-state index in [4.69, 9.17) is 0 Å². The third kappa shape index (κ3) is 3.72. The number of benzene rings is 1. The second-order valence-electron chi connectivity index (χ2n) is 5.14. The minimum atomic E-state index is -4.35. The predicted octanol–water partition coefficient (Wildman–Crippen LogP) is 3.03. The Morgan fingerprint density at radius 1 is 1.30 bits per heavy atom. The molecule has 1 saturated heterocycles. The zero-order chi connectivity index (χ0) is 14.8. The number of nitrogens with one attached hydrogen (secondary N) is 2. The molecule has 2 N–H and O–H groups in total. The molecular formula is C14H17F3N2O. The molecule has 1 aliphatic heterocycles. The molecule has 0 aromatic heterocycles. The lowest BCUT2D eigenvalue weighted by atomic mass is 9.92. The highest BCUT2D eigenvalue weighted by molar-refractivity contribution is 5.92. The van der Waals surface area contributed by atoms with Crippen LogP contribution in [0.3, 0.4) is 0 Å². The fourth-order valence-corrected chi connectivity index (χ4v) is 2.36. The van der Waals surface area contributed by atoms with Crippen LogP contribution in [0.1, 0.15) is 25.3 Å². The van der Waals surface area contributed by atoms with Crippen LogP contribution in [-0.2, 0) is 11.0 Å². The van der Waals surface area contributed by atoms with Gasteiger partial charge in [0.1, 0.15) is 0 Å². The first-order chi connectivity index (χ1) is 9.36. The molecular weight excluding hydrogens is 269 g/mol. The molecule has 1 aromatic rings. The Balaban J connectivity index is 1.97. The number of carbonyl (C=O) groups is 1. The Kier molecular flexibility index (Phi) is 4.32. The van der Waals surface area contributed by atoms with Crippen LogP contribution in [0.4, 0.5) is 18.9 Å². The third-order valence-corrected chi connectivity index (χ3v) is 3.47. The van der Waals surface area contributed by atoms with E-state index in [9.17, 15) is 18.0 Å². The largest absolute Gasteiger partial charge is 0.416 e. The number of anilines is 1. The summed E-state index contributed by atoms with van der Waals surface area (Å²) in [5, 5.41) is 5.93. The first kappa shape index (κ1) is 14.8. The molecule has 3 nitrogen and oxygen atoms in total. The number of halogens is 3. The zero-order valence-electron chi connectivity index (χ0n) is 11.1. The van der Waals surface area contributed by atoms with E-state index in [1.807, 2.05) is 6.92 Å². The number of alkyl halides is 3. The van der Waals surface area contributed by atoms with Gasteiger partial charge in [0, 0.05) is 17.6 Å². The maximum Gasteiger partial charge on any atom is 0.416 e. The van der Waals surface area contributed by atoms with Crippen LogP contribution in [0.15, 0.2) is 24.3 Å². The Bertz CT molecular complexity index is 470. The molecule has 110 valence electrons. The zero-order valence-corrected chi connectivity index (χ0v) is 11.1. The Hall–Kier alpha value is -1.56. The van der Waals surface area contributed by atoms with E-state index in [0.717, 1.165) is 31.5 Å². The van der Waals surface area contributed by atoms with Gasteiger partial charge in [-0.15, -0.1) is 0 Å². The minimum Gasteiger partial charge on any atom is -0.326 e. The summed E-state index contributed by atoms with van der Waals surface area (Å²) < 4.78 is 37.3. The molecule has 0 spiro atoms. The van der Waals surface area contributed by atoms with E-state index < -0.39 is 11.7 Å². The van der Waals surface area contributed by atoms with Crippen molar-refractivity contribution in [3.05, 3.63) is 29.8 Å². The number of piperidine rings is 1. The summed E-state index contributed by atoms with van der Waals surface area (Å²) in [5.74, 6) is -0.216. The van der Waals surface area contributed by atoms with Gasteiger partial charge in [-0.1, -0.05) is 0 Å². The van der Waals surface area contributed by atoms with Crippen LogP contribution in [-0.4, -0.2) is 18.5 Å². The van der Waals surface area contributed by atoms with Crippen LogP contribution in [0.25, 0.3) is 0 Å². The molecule has 0 unspecified atom stereocenters. The Labute approximate surface area is 115 Å². The van der Waals surface area contributed by atoms with Crippen molar-refractivity contribution in [3.8, 4) is 0 Å². The second kappa shape index (κ2) is 5.83. The minimum absolute atomic E-state index is 0.0893. The summed E-state index contributed by atoms with van der Waals surface area (Å²) in [5.41, 5.74) is -0.319. The second-order valence-corrected chi connectivity index (χ2v) is 5.14. The molecule has 1 aliphatic rings. The highest BCUT2D eigenvalue weighted by Crippen LogP contribution is 2.30. The monoisotopic (exact) mass is 286 g/mol. The molecule has 1 amide bonds. The highest BCUT2D eigenvalue weighted by Gasteiger charge is 2.30. The maximum absolute atomic E-state index is 12.4. The molecule has 1 fully saturated rings. The first-order valence-electron chi connectivity index (χ1n) is 6.58. The lowest BCUT2D eigenvalue weighted by Gasteiger charge is -2.27. The number of rotatable bonds is 2. The van der Waals surface area contributed by atoms with Crippen molar-refractivity contribution in [2.45, 2.75) is 32.0 Å². The molecule has 2 rings (SSSR count). The number of carbonyl (C=O) groups excluding carboxylic acids is 1. The molecule has 0 bridgehead atoms. The molecule has 0 saturated carbocycles. The Morgan fingerprint density at radius 2 is 1.95 bits per heavy atom. The van der Waals surface area contributed by atoms with Gasteiger partial charge in [0.05, 0.1) is 5.56 Å². The third-order valence-electron chi connectivity index (χ3n) is 3.47. The van der Waals surface area contributed by atoms with Crippen LogP contribution in [0.2, 0.25) is 0 Å². The van der Waals surface area contributed by atoms with Crippen molar-refractivity contribution in [2.75, 3.05) is 11.9 Å². The van der Waals surface area contributed by atoms with E-state index in [-0.39, 0.29) is 17.9 Å². The SMILES string of the molecule is C[C@H]1C[C@@H](C(=O)Nc2ccc(C(F)(F)F)cc2)CCN1. The average Bonchev–Trinajstić information content (AvgIpc) is 2.38. The van der Waals surface area contributed by atoms with E-state index in [2.05, 4.69) is 10.6 Å². The summed E-state index contributed by atoms with van der Waals surface area (Å²) in [7, 11) is 0. The van der Waals surface area contributed by atoms with Crippen molar-refractivity contribution < 1.29 is 18.0 Å². The van der Waals surface area contributed by atoms with Gasteiger partial charge in [-0.2, -0.15) is 13.2 Å². The quantitative estimate of drug-likeness (QED) is 0.877. The van der Waals surface area contributed by atoms with Gasteiger partial charge in [-0.25, -0.2) is 0 Å². The molecule has 2 atom stereocenters. The van der Waals surface area contributed by atoms with Crippen molar-refractivity contribution in [3.63, 3.8) is 0 Å². The fourth-order valence-electron chi connectivity index (χ4n) is 2.36. The Morgan fingerprint density at radius 3 is 2.50 bits per heavy atom. The summed E-state index contributed by atoms with van der Waals surface area (Å²) in [6.07, 6.45) is -2.86. The van der Waals surface area contributed by atoms with Crippen LogP contribution in [0, 0.1) is 5.92 Å². The first-order valence-corrected chi connectivity index (χ1v) is 6.58. The van der Waals surface area contributed by atoms with Crippen molar-refractivity contribution in [2.24, 2.45) is 5.92 Å². The van der Waals surface area contributed by atoms with Gasteiger partial charge in [-0.05, 0) is 50.6 Å². The summed E-state index contributed by atoms with van der Waals surface area (Å²) in [6, 6.07) is 4.80. The molecule has 0 radical (unpaired) electrons. The summed E-state index contributed by atoms with van der Waals surface area (Å²) in [6.45, 7) is 2.80. The topological polar surface area (TPSA) is 41.1 Å². The highest BCUT2D eigenvalue weighted by atomic mass is 19.4. The van der Waals surface area contributed by atoms with Crippen molar-refractivity contribution in [1.29, 1.82) is 0 Å². The number of amides is 1. The van der Waals surface area contributed by atoms with E-state index in [1.54, 1.807) is 0 Å². The van der Waals surface area contributed by atoms with Gasteiger partial charge in [0.25, 0.3) is 0 Å². The van der Waals surface area contributed by atoms with Crippen LogP contribution in [0.5, 0.6) is 0 Å². The fraction of sp³-hybridized carbons (Fsp3) is 0.500. The van der Waals surface area contributed by atoms with Gasteiger partial charge >= 0.3 is 6.18 Å². The lowest BCUT2D eigenvalue weighted by Crippen LogP contribution is -2.40.